The molecule has 0 bridgehead atoms. The van der Waals surface area contributed by atoms with Crippen molar-refractivity contribution in [3.05, 3.63) is 132 Å². The first-order chi connectivity index (χ1) is 24.0. The van der Waals surface area contributed by atoms with E-state index in [4.69, 9.17) is 9.72 Å². The average Bonchev–Trinajstić information content (AvgIpc) is 3.71. The molecular weight excluding hydrogens is 613 g/mol. The Kier molecular flexibility index (Phi) is 7.63. The van der Waals surface area contributed by atoms with Crippen molar-refractivity contribution in [3.63, 3.8) is 0 Å². The number of para-hydroxylation sites is 1. The van der Waals surface area contributed by atoms with E-state index in [1.807, 2.05) is 6.20 Å². The average molecular weight is 659 g/mol. The van der Waals surface area contributed by atoms with Gasteiger partial charge in [0.2, 0.25) is 0 Å². The number of hydrogen-bond donors (Lipinski definition) is 0. The summed E-state index contributed by atoms with van der Waals surface area (Å²) in [5.74, 6) is 3.29. The van der Waals surface area contributed by atoms with E-state index in [1.54, 1.807) is 0 Å². The van der Waals surface area contributed by atoms with Crippen LogP contribution in [0.25, 0.3) is 33.3 Å². The van der Waals surface area contributed by atoms with Crippen LogP contribution in [-0.2, 0) is 5.41 Å². The zero-order chi connectivity index (χ0) is 34.9. The molecule has 0 N–H and O–H groups in total. The molecule has 3 aromatic heterocycles. The minimum atomic E-state index is 0.0116. The molecule has 0 saturated heterocycles. The lowest BCUT2D eigenvalue weighted by atomic mass is 9.59. The third kappa shape index (κ3) is 5.18. The van der Waals surface area contributed by atoms with Gasteiger partial charge in [0.1, 0.15) is 23.0 Å². The maximum absolute atomic E-state index is 6.68. The summed E-state index contributed by atoms with van der Waals surface area (Å²) in [6.07, 6.45) is 6.26. The Morgan fingerprint density at radius 3 is 2.16 bits per heavy atom. The van der Waals surface area contributed by atoms with E-state index in [-0.39, 0.29) is 12.4 Å². The molecule has 0 fully saturated rings. The number of benzene rings is 4. The number of hydrogen-bond acceptors (Lipinski definition) is 3. The Bertz CT molecular complexity index is 2370. The largest absolute Gasteiger partial charge is 0.677 e. The van der Waals surface area contributed by atoms with Gasteiger partial charge in [-0.3, -0.25) is 4.57 Å². The summed E-state index contributed by atoms with van der Waals surface area (Å²) in [7, 11) is 2.21. The predicted molar refractivity (Wildman–Crippen MR) is 207 cm³/mol. The number of fused-ring (bicyclic) bond motifs is 6. The summed E-state index contributed by atoms with van der Waals surface area (Å²) in [4.78, 5) is 7.26. The first-order valence-electron chi connectivity index (χ1n) is 17.8. The minimum Gasteiger partial charge on any atom is -0.457 e. The van der Waals surface area contributed by atoms with E-state index >= 15 is 0 Å². The molecule has 0 spiro atoms. The van der Waals surface area contributed by atoms with Crippen molar-refractivity contribution in [2.75, 3.05) is 11.9 Å². The molecule has 8 rings (SSSR count). The second kappa shape index (κ2) is 11.9. The first kappa shape index (κ1) is 31.9. The number of aromatic nitrogens is 4. The smallest absolute Gasteiger partial charge is 0.457 e. The van der Waals surface area contributed by atoms with Gasteiger partial charge in [-0.25, -0.2) is 4.98 Å². The van der Waals surface area contributed by atoms with Gasteiger partial charge in [-0.2, -0.15) is 4.59 Å². The number of rotatable bonds is 6. The van der Waals surface area contributed by atoms with Crippen LogP contribution < -0.4 is 19.6 Å². The highest BCUT2D eigenvalue weighted by molar-refractivity contribution is 6.70. The number of pyridine rings is 1. The fourth-order valence-corrected chi connectivity index (χ4v) is 7.76. The van der Waals surface area contributed by atoms with Gasteiger partial charge in [0.05, 0.1) is 22.9 Å². The lowest BCUT2D eigenvalue weighted by Gasteiger charge is -2.31. The van der Waals surface area contributed by atoms with Crippen LogP contribution in [0.2, 0.25) is 0 Å². The SMILES string of the molecule is CC(C)c1cccc(C(C)C)c1B1N(C)c2ccc(Oc3ccc4c5ccccc5n(-c5cc(C(C)(C)C)ccn5)c4c3)cc2-n2ccc[n+]21. The maximum Gasteiger partial charge on any atom is 0.677 e. The molecule has 0 amide bonds. The van der Waals surface area contributed by atoms with Crippen LogP contribution in [0.3, 0.4) is 0 Å². The molecule has 0 atom stereocenters. The third-order valence-electron chi connectivity index (χ3n) is 10.3. The van der Waals surface area contributed by atoms with Crippen LogP contribution in [-0.4, -0.2) is 28.3 Å². The zero-order valence-electron chi connectivity index (χ0n) is 30.3. The summed E-state index contributed by atoms with van der Waals surface area (Å²) in [5, 5.41) is 2.37. The molecule has 0 aliphatic carbocycles. The van der Waals surface area contributed by atoms with E-state index < -0.39 is 0 Å². The first-order valence-corrected chi connectivity index (χ1v) is 17.8. The highest BCUT2D eigenvalue weighted by Gasteiger charge is 2.48. The number of nitrogens with zero attached hydrogens (tertiary/aromatic N) is 5. The standard InChI is InChI=1S/C43H45BN5O/c1-28(2)33-14-11-15-34(29(3)4)42(33)44-46(8)38-20-18-32(27-40(38)47-23-12-24-48(44)47)50-31-17-19-36-35-13-9-10-16-37(35)49(39(36)26-31)41-25-30(21-22-45-41)43(5,6)7/h9-29H,1-8H3/q+1. The summed E-state index contributed by atoms with van der Waals surface area (Å²) in [5.41, 5.74) is 9.87. The molecule has 0 radical (unpaired) electrons. The van der Waals surface area contributed by atoms with Crippen LogP contribution in [0.15, 0.2) is 116 Å². The summed E-state index contributed by atoms with van der Waals surface area (Å²) >= 11 is 0. The van der Waals surface area contributed by atoms with Crippen molar-refractivity contribution < 1.29 is 9.33 Å². The minimum absolute atomic E-state index is 0.0116. The van der Waals surface area contributed by atoms with Gasteiger partial charge >= 0.3 is 6.98 Å². The van der Waals surface area contributed by atoms with Crippen molar-refractivity contribution >= 4 is 39.9 Å². The van der Waals surface area contributed by atoms with Crippen LogP contribution in [0.4, 0.5) is 5.69 Å². The molecule has 1 aliphatic rings. The number of ether oxygens (including phenoxy) is 1. The van der Waals surface area contributed by atoms with Gasteiger partial charge in [0.15, 0.2) is 6.20 Å². The third-order valence-corrected chi connectivity index (χ3v) is 10.3. The van der Waals surface area contributed by atoms with Gasteiger partial charge in [-0.1, -0.05) is 84.9 Å². The van der Waals surface area contributed by atoms with Crippen molar-refractivity contribution in [1.82, 2.24) is 14.2 Å². The lowest BCUT2D eigenvalue weighted by Crippen LogP contribution is -2.74. The molecule has 0 unspecified atom stereocenters. The molecule has 1 aliphatic heterocycles. The predicted octanol–water partition coefficient (Wildman–Crippen LogP) is 9.29. The Morgan fingerprint density at radius 2 is 1.42 bits per heavy atom. The van der Waals surface area contributed by atoms with Crippen molar-refractivity contribution in [1.29, 1.82) is 0 Å². The summed E-state index contributed by atoms with van der Waals surface area (Å²) < 4.78 is 13.6. The lowest BCUT2D eigenvalue weighted by molar-refractivity contribution is -0.621. The van der Waals surface area contributed by atoms with E-state index in [0.717, 1.165) is 39.7 Å². The summed E-state index contributed by atoms with van der Waals surface area (Å²) in [6.45, 7) is 15.9. The molecule has 4 heterocycles. The Hall–Kier alpha value is -5.30. The Morgan fingerprint density at radius 1 is 0.720 bits per heavy atom. The highest BCUT2D eigenvalue weighted by atomic mass is 16.5. The van der Waals surface area contributed by atoms with Crippen LogP contribution in [0.5, 0.6) is 11.5 Å². The monoisotopic (exact) mass is 658 g/mol. The van der Waals surface area contributed by atoms with E-state index in [0.29, 0.717) is 11.8 Å². The summed E-state index contributed by atoms with van der Waals surface area (Å²) in [6, 6.07) is 34.7. The fraction of sp³-hybridized carbons (Fsp3) is 0.256. The van der Waals surface area contributed by atoms with Gasteiger partial charge in [-0.05, 0) is 76.4 Å². The van der Waals surface area contributed by atoms with Gasteiger partial charge in [0, 0.05) is 47.7 Å². The molecule has 0 saturated carbocycles. The fourth-order valence-electron chi connectivity index (χ4n) is 7.76. The van der Waals surface area contributed by atoms with Gasteiger partial charge in [0.25, 0.3) is 0 Å². The normalized spacial score (nSPS) is 13.1. The Labute approximate surface area is 295 Å². The maximum atomic E-state index is 6.68. The van der Waals surface area contributed by atoms with E-state index in [1.165, 1.54) is 32.9 Å². The van der Waals surface area contributed by atoms with Crippen molar-refractivity contribution in [2.45, 2.75) is 65.7 Å². The van der Waals surface area contributed by atoms with Crippen LogP contribution >= 0.6 is 0 Å². The van der Waals surface area contributed by atoms with Crippen LogP contribution in [0.1, 0.15) is 77.0 Å². The molecular formula is C43H45BN5O+. The van der Waals surface area contributed by atoms with Crippen molar-refractivity contribution in [3.8, 4) is 23.0 Å². The molecule has 50 heavy (non-hydrogen) atoms. The quantitative estimate of drug-likeness (QED) is 0.167. The molecule has 6 nitrogen and oxygen atoms in total. The van der Waals surface area contributed by atoms with Gasteiger partial charge in [-0.15, -0.1) is 4.68 Å². The molecule has 7 heteroatoms. The van der Waals surface area contributed by atoms with Gasteiger partial charge < -0.3 is 9.55 Å². The second-order valence-electron chi connectivity index (χ2n) is 15.3. The second-order valence-corrected chi connectivity index (χ2v) is 15.3. The van der Waals surface area contributed by atoms with Crippen molar-refractivity contribution in [2.24, 2.45) is 0 Å². The number of anilines is 1. The molecule has 250 valence electrons. The molecule has 7 aromatic rings. The zero-order valence-corrected chi connectivity index (χ0v) is 30.3. The molecule has 4 aromatic carbocycles. The van der Waals surface area contributed by atoms with Crippen LogP contribution in [0, 0.1) is 0 Å². The van der Waals surface area contributed by atoms with E-state index in [9.17, 15) is 0 Å². The van der Waals surface area contributed by atoms with E-state index in [2.05, 4.69) is 184 Å². The topological polar surface area (TPSA) is 39.1 Å². The Balaban J connectivity index is 1.20. The highest BCUT2D eigenvalue weighted by Crippen LogP contribution is 2.37.